The van der Waals surface area contributed by atoms with Crippen molar-refractivity contribution in [1.29, 1.82) is 0 Å². The highest BCUT2D eigenvalue weighted by Gasteiger charge is 2.11. The van der Waals surface area contributed by atoms with Crippen LogP contribution in [0.3, 0.4) is 0 Å². The first-order valence-corrected chi connectivity index (χ1v) is 8.20. The number of hydrogen-bond donors (Lipinski definition) is 0. The summed E-state index contributed by atoms with van der Waals surface area (Å²) in [5, 5.41) is -0.232. The second-order valence-electron chi connectivity index (χ2n) is 4.92. The van der Waals surface area contributed by atoms with Gasteiger partial charge in [0.25, 0.3) is 0 Å². The maximum Gasteiger partial charge on any atom is 0.350 e. The van der Waals surface area contributed by atoms with Crippen LogP contribution in [-0.4, -0.2) is 25.2 Å². The number of halogens is 1. The Morgan fingerprint density at radius 2 is 1.38 bits per heavy atom. The maximum atomic E-state index is 11.5. The summed E-state index contributed by atoms with van der Waals surface area (Å²) >= 11 is 5.71. The standard InChI is InChI=1S/C16H27ClO4/c1-3-5-7-9-11-20-15(18)13-14(17)16(19)21-12-10-8-6-4-2/h13H,3-12H2,1-2H3/b14-13-. The van der Waals surface area contributed by atoms with Crippen LogP contribution < -0.4 is 0 Å². The molecule has 0 atom stereocenters. The lowest BCUT2D eigenvalue weighted by molar-refractivity contribution is -0.141. The lowest BCUT2D eigenvalue weighted by Gasteiger charge is -2.04. The lowest BCUT2D eigenvalue weighted by atomic mass is 10.2. The molecule has 0 aromatic heterocycles. The van der Waals surface area contributed by atoms with Crippen molar-refractivity contribution >= 4 is 23.5 Å². The van der Waals surface area contributed by atoms with E-state index in [4.69, 9.17) is 21.1 Å². The van der Waals surface area contributed by atoms with Gasteiger partial charge in [-0.05, 0) is 12.8 Å². The zero-order valence-electron chi connectivity index (χ0n) is 13.2. The molecule has 0 aliphatic rings. The van der Waals surface area contributed by atoms with Crippen molar-refractivity contribution in [3.05, 3.63) is 11.1 Å². The predicted octanol–water partition coefficient (Wildman–Crippen LogP) is 4.36. The normalized spacial score (nSPS) is 11.3. The Balaban J connectivity index is 3.81. The highest BCUT2D eigenvalue weighted by atomic mass is 35.5. The van der Waals surface area contributed by atoms with E-state index in [9.17, 15) is 9.59 Å². The van der Waals surface area contributed by atoms with Gasteiger partial charge < -0.3 is 9.47 Å². The average Bonchev–Trinajstić information content (AvgIpc) is 2.46. The fourth-order valence-corrected chi connectivity index (χ4v) is 1.81. The zero-order valence-corrected chi connectivity index (χ0v) is 13.9. The molecular formula is C16H27ClO4. The molecule has 0 aromatic rings. The monoisotopic (exact) mass is 318 g/mol. The van der Waals surface area contributed by atoms with Gasteiger partial charge in [-0.15, -0.1) is 0 Å². The van der Waals surface area contributed by atoms with Gasteiger partial charge in [0.15, 0.2) is 0 Å². The van der Waals surface area contributed by atoms with Gasteiger partial charge in [-0.1, -0.05) is 64.0 Å². The van der Waals surface area contributed by atoms with E-state index >= 15 is 0 Å². The molecule has 0 bridgehead atoms. The Bertz CT molecular complexity index is 326. The van der Waals surface area contributed by atoms with Crippen molar-refractivity contribution in [3.8, 4) is 0 Å². The Kier molecular flexibility index (Phi) is 13.2. The van der Waals surface area contributed by atoms with Crippen LogP contribution in [0.15, 0.2) is 11.1 Å². The van der Waals surface area contributed by atoms with Crippen LogP contribution in [-0.2, 0) is 19.1 Å². The fraction of sp³-hybridized carbons (Fsp3) is 0.750. The molecule has 0 N–H and O–H groups in total. The van der Waals surface area contributed by atoms with Gasteiger partial charge in [0.05, 0.1) is 13.2 Å². The molecule has 0 amide bonds. The van der Waals surface area contributed by atoms with Gasteiger partial charge in [-0.2, -0.15) is 0 Å². The highest BCUT2D eigenvalue weighted by Crippen LogP contribution is 2.07. The minimum atomic E-state index is -0.670. The number of rotatable bonds is 12. The molecular weight excluding hydrogens is 292 g/mol. The smallest absolute Gasteiger partial charge is 0.350 e. The van der Waals surface area contributed by atoms with Crippen LogP contribution in [0.1, 0.15) is 65.2 Å². The van der Waals surface area contributed by atoms with Gasteiger partial charge in [-0.25, -0.2) is 9.59 Å². The molecule has 5 heteroatoms. The van der Waals surface area contributed by atoms with Crippen LogP contribution in [0.5, 0.6) is 0 Å². The van der Waals surface area contributed by atoms with E-state index < -0.39 is 11.9 Å². The van der Waals surface area contributed by atoms with Gasteiger partial charge in [0, 0.05) is 6.08 Å². The number of hydrogen-bond acceptors (Lipinski definition) is 4. The molecule has 0 spiro atoms. The SMILES string of the molecule is CCCCCCOC(=O)/C=C(\Cl)C(=O)OCCCCCC. The van der Waals surface area contributed by atoms with Crippen molar-refractivity contribution in [2.75, 3.05) is 13.2 Å². The molecule has 0 saturated carbocycles. The van der Waals surface area contributed by atoms with Gasteiger partial charge in [0.2, 0.25) is 0 Å². The molecule has 21 heavy (non-hydrogen) atoms. The second-order valence-corrected chi connectivity index (χ2v) is 5.32. The summed E-state index contributed by atoms with van der Waals surface area (Å²) in [5.41, 5.74) is 0. The maximum absolute atomic E-state index is 11.5. The number of carbonyl (C=O) groups excluding carboxylic acids is 2. The fourth-order valence-electron chi connectivity index (χ4n) is 1.67. The third-order valence-corrected chi connectivity index (χ3v) is 3.18. The van der Waals surface area contributed by atoms with Crippen LogP contribution in [0.25, 0.3) is 0 Å². The van der Waals surface area contributed by atoms with Crippen molar-refractivity contribution < 1.29 is 19.1 Å². The van der Waals surface area contributed by atoms with E-state index in [2.05, 4.69) is 13.8 Å². The molecule has 0 aliphatic carbocycles. The predicted molar refractivity (Wildman–Crippen MR) is 84.1 cm³/mol. The summed E-state index contributed by atoms with van der Waals surface area (Å²) < 4.78 is 9.92. The topological polar surface area (TPSA) is 52.6 Å². The summed E-state index contributed by atoms with van der Waals surface area (Å²) in [4.78, 5) is 22.9. The zero-order chi connectivity index (χ0) is 15.9. The van der Waals surface area contributed by atoms with Crippen molar-refractivity contribution in [3.63, 3.8) is 0 Å². The first-order valence-electron chi connectivity index (χ1n) is 7.82. The number of esters is 2. The third-order valence-electron chi connectivity index (χ3n) is 2.91. The molecule has 0 unspecified atom stereocenters. The Morgan fingerprint density at radius 1 is 0.857 bits per heavy atom. The van der Waals surface area contributed by atoms with Gasteiger partial charge >= 0.3 is 11.9 Å². The Morgan fingerprint density at radius 3 is 1.90 bits per heavy atom. The van der Waals surface area contributed by atoms with Crippen molar-refractivity contribution in [1.82, 2.24) is 0 Å². The molecule has 0 rings (SSSR count). The molecule has 0 saturated heterocycles. The second kappa shape index (κ2) is 13.9. The van der Waals surface area contributed by atoms with Gasteiger partial charge in [0.1, 0.15) is 5.03 Å². The Labute approximate surface area is 132 Å². The summed E-state index contributed by atoms with van der Waals surface area (Å²) in [7, 11) is 0. The first-order chi connectivity index (χ1) is 10.1. The van der Waals surface area contributed by atoms with Crippen molar-refractivity contribution in [2.45, 2.75) is 65.2 Å². The molecule has 0 aliphatic heterocycles. The summed E-state index contributed by atoms with van der Waals surface area (Å²) in [6.45, 7) is 4.91. The third kappa shape index (κ3) is 12.4. The summed E-state index contributed by atoms with van der Waals surface area (Å²) in [5.74, 6) is -1.27. The van der Waals surface area contributed by atoms with E-state index in [0.29, 0.717) is 13.2 Å². The molecule has 4 nitrogen and oxygen atoms in total. The van der Waals surface area contributed by atoms with E-state index in [1.54, 1.807) is 0 Å². The molecule has 0 heterocycles. The first kappa shape index (κ1) is 20.0. The van der Waals surface area contributed by atoms with E-state index in [1.165, 1.54) is 0 Å². The summed E-state index contributed by atoms with van der Waals surface area (Å²) in [6, 6.07) is 0. The average molecular weight is 319 g/mol. The number of carbonyl (C=O) groups is 2. The molecule has 122 valence electrons. The number of unbranched alkanes of at least 4 members (excludes halogenated alkanes) is 6. The largest absolute Gasteiger partial charge is 0.462 e. The number of ether oxygens (including phenoxy) is 2. The minimum Gasteiger partial charge on any atom is -0.462 e. The Hall–Kier alpha value is -1.03. The van der Waals surface area contributed by atoms with Crippen LogP contribution in [0.2, 0.25) is 0 Å². The van der Waals surface area contributed by atoms with E-state index in [-0.39, 0.29) is 5.03 Å². The van der Waals surface area contributed by atoms with Crippen LogP contribution in [0.4, 0.5) is 0 Å². The highest BCUT2D eigenvalue weighted by molar-refractivity contribution is 6.42. The quantitative estimate of drug-likeness (QED) is 0.305. The lowest BCUT2D eigenvalue weighted by Crippen LogP contribution is -2.09. The molecule has 0 aromatic carbocycles. The van der Waals surface area contributed by atoms with E-state index in [0.717, 1.165) is 57.4 Å². The molecule has 0 radical (unpaired) electrons. The van der Waals surface area contributed by atoms with E-state index in [1.807, 2.05) is 0 Å². The molecule has 0 fully saturated rings. The minimum absolute atomic E-state index is 0.232. The van der Waals surface area contributed by atoms with Gasteiger partial charge in [-0.3, -0.25) is 0 Å². The summed E-state index contributed by atoms with van der Waals surface area (Å²) in [6.07, 6.45) is 9.16. The van der Waals surface area contributed by atoms with Crippen molar-refractivity contribution in [2.24, 2.45) is 0 Å². The van der Waals surface area contributed by atoms with Crippen LogP contribution >= 0.6 is 11.6 Å². The van der Waals surface area contributed by atoms with Crippen LogP contribution in [0, 0.1) is 0 Å².